The van der Waals surface area contributed by atoms with Crippen LogP contribution in [0.5, 0.6) is 0 Å². The molecule has 0 saturated carbocycles. The highest BCUT2D eigenvalue weighted by Gasteiger charge is 1.95. The van der Waals surface area contributed by atoms with Crippen LogP contribution in [0.25, 0.3) is 0 Å². The average molecular weight is 99.2 g/mol. The van der Waals surface area contributed by atoms with Crippen molar-refractivity contribution in [2.45, 2.75) is 27.2 Å². The molecule has 0 aromatic rings. The number of rotatable bonds is 2. The van der Waals surface area contributed by atoms with Crippen molar-refractivity contribution in [2.24, 2.45) is 5.92 Å². The fraction of sp³-hybridized carbons (Fsp3) is 0.833. The summed E-state index contributed by atoms with van der Waals surface area (Å²) in [5.41, 5.74) is 0.847. The number of hydrogen-bond acceptors (Lipinski definition) is 1. The lowest BCUT2D eigenvalue weighted by Gasteiger charge is -2.00. The molecule has 0 saturated heterocycles. The summed E-state index contributed by atoms with van der Waals surface area (Å²) < 4.78 is 0. The summed E-state index contributed by atoms with van der Waals surface area (Å²) in [6.45, 7) is 6.11. The van der Waals surface area contributed by atoms with Crippen LogP contribution in [0.3, 0.4) is 0 Å². The molecule has 1 N–H and O–H groups in total. The largest absolute Gasteiger partial charge is 0.309 e. The van der Waals surface area contributed by atoms with Crippen molar-refractivity contribution in [3.8, 4) is 0 Å². The van der Waals surface area contributed by atoms with Gasteiger partial charge >= 0.3 is 0 Å². The normalized spacial score (nSPS) is 9.71. The lowest BCUT2D eigenvalue weighted by Crippen LogP contribution is -2.02. The second-order valence-corrected chi connectivity index (χ2v) is 2.03. The highest BCUT2D eigenvalue weighted by molar-refractivity contribution is 5.82. The van der Waals surface area contributed by atoms with E-state index < -0.39 is 0 Å². The van der Waals surface area contributed by atoms with E-state index in [2.05, 4.69) is 0 Å². The first kappa shape index (κ1) is 6.67. The molecule has 42 valence electrons. The van der Waals surface area contributed by atoms with Crippen LogP contribution in [-0.2, 0) is 0 Å². The third-order valence-electron chi connectivity index (χ3n) is 1.08. The Hall–Kier alpha value is -0.330. The van der Waals surface area contributed by atoms with E-state index in [1.54, 1.807) is 0 Å². The minimum Gasteiger partial charge on any atom is -0.309 e. The van der Waals surface area contributed by atoms with E-state index >= 15 is 0 Å². The Morgan fingerprint density at radius 1 is 1.57 bits per heavy atom. The quantitative estimate of drug-likeness (QED) is 0.512. The van der Waals surface area contributed by atoms with E-state index in [0.717, 1.165) is 12.1 Å². The van der Waals surface area contributed by atoms with E-state index in [-0.39, 0.29) is 0 Å². The highest BCUT2D eigenvalue weighted by atomic mass is 14.4. The maximum atomic E-state index is 7.19. The highest BCUT2D eigenvalue weighted by Crippen LogP contribution is 1.96. The molecule has 0 bridgehead atoms. The molecule has 0 aliphatic heterocycles. The molecular weight excluding hydrogens is 86.1 g/mol. The molecule has 0 rings (SSSR count). The monoisotopic (exact) mass is 99.1 g/mol. The van der Waals surface area contributed by atoms with Crippen LogP contribution < -0.4 is 0 Å². The molecule has 0 heterocycles. The molecule has 7 heavy (non-hydrogen) atoms. The average Bonchev–Trinajstić information content (AvgIpc) is 1.65. The summed E-state index contributed by atoms with van der Waals surface area (Å²) in [5.74, 6) is 0.449. The Labute approximate surface area is 45.2 Å². The molecular formula is C6H13N. The van der Waals surface area contributed by atoms with Gasteiger partial charge in [-0.25, -0.2) is 0 Å². The second-order valence-electron chi connectivity index (χ2n) is 2.03. The summed E-state index contributed by atoms with van der Waals surface area (Å²) in [4.78, 5) is 0. The Balaban J connectivity index is 3.35. The van der Waals surface area contributed by atoms with Crippen molar-refractivity contribution in [1.29, 1.82) is 5.41 Å². The minimum absolute atomic E-state index is 0.449. The third-order valence-corrected chi connectivity index (χ3v) is 1.08. The lowest BCUT2D eigenvalue weighted by atomic mass is 10.1. The van der Waals surface area contributed by atoms with Gasteiger partial charge in [-0.3, -0.25) is 0 Å². The van der Waals surface area contributed by atoms with Gasteiger partial charge in [0, 0.05) is 5.71 Å². The van der Waals surface area contributed by atoms with Crippen molar-refractivity contribution in [1.82, 2.24) is 0 Å². The molecule has 1 heteroatoms. The zero-order chi connectivity index (χ0) is 5.86. The van der Waals surface area contributed by atoms with E-state index in [1.165, 1.54) is 0 Å². The molecule has 0 aliphatic rings. The van der Waals surface area contributed by atoms with Crippen molar-refractivity contribution in [3.63, 3.8) is 0 Å². The van der Waals surface area contributed by atoms with Crippen LogP contribution in [0.4, 0.5) is 0 Å². The van der Waals surface area contributed by atoms with Gasteiger partial charge in [0.25, 0.3) is 0 Å². The third kappa shape index (κ3) is 2.38. The first-order chi connectivity index (χ1) is 3.18. The van der Waals surface area contributed by atoms with E-state index in [0.29, 0.717) is 5.92 Å². The predicted octanol–water partition coefficient (Wildman–Crippen LogP) is 2.07. The molecule has 0 spiro atoms. The maximum absolute atomic E-state index is 7.19. The zero-order valence-electron chi connectivity index (χ0n) is 5.28. The van der Waals surface area contributed by atoms with Crippen molar-refractivity contribution in [3.05, 3.63) is 0 Å². The number of hydrogen-bond donors (Lipinski definition) is 1. The Kier molecular flexibility index (Phi) is 2.65. The van der Waals surface area contributed by atoms with E-state index in [4.69, 9.17) is 5.41 Å². The molecule has 0 aromatic carbocycles. The summed E-state index contributed by atoms with van der Waals surface area (Å²) in [6.07, 6.45) is 0.900. The Morgan fingerprint density at radius 2 is 2.00 bits per heavy atom. The van der Waals surface area contributed by atoms with E-state index in [1.807, 2.05) is 20.8 Å². The molecule has 0 unspecified atom stereocenters. The van der Waals surface area contributed by atoms with Crippen LogP contribution in [0, 0.1) is 11.3 Å². The van der Waals surface area contributed by atoms with E-state index in [9.17, 15) is 0 Å². The van der Waals surface area contributed by atoms with Crippen molar-refractivity contribution in [2.75, 3.05) is 0 Å². The molecule has 0 fully saturated rings. The van der Waals surface area contributed by atoms with Crippen LogP contribution in [-0.4, -0.2) is 5.71 Å². The van der Waals surface area contributed by atoms with Crippen molar-refractivity contribution < 1.29 is 0 Å². The van der Waals surface area contributed by atoms with Gasteiger partial charge in [-0.1, -0.05) is 20.8 Å². The minimum atomic E-state index is 0.449. The van der Waals surface area contributed by atoms with Gasteiger partial charge in [-0.2, -0.15) is 0 Å². The predicted molar refractivity (Wildman–Crippen MR) is 32.9 cm³/mol. The van der Waals surface area contributed by atoms with Crippen LogP contribution in [0.15, 0.2) is 0 Å². The Bertz CT molecular complexity index is 64.6. The summed E-state index contributed by atoms with van der Waals surface area (Å²) in [7, 11) is 0. The second kappa shape index (κ2) is 2.78. The van der Waals surface area contributed by atoms with Gasteiger partial charge in [-0.05, 0) is 12.3 Å². The van der Waals surface area contributed by atoms with Crippen LogP contribution in [0.2, 0.25) is 0 Å². The molecule has 0 aromatic heterocycles. The topological polar surface area (TPSA) is 23.9 Å². The van der Waals surface area contributed by atoms with Gasteiger partial charge in [0.2, 0.25) is 0 Å². The van der Waals surface area contributed by atoms with Gasteiger partial charge in [-0.15, -0.1) is 0 Å². The van der Waals surface area contributed by atoms with Gasteiger partial charge in [0.15, 0.2) is 0 Å². The summed E-state index contributed by atoms with van der Waals surface area (Å²) in [6, 6.07) is 0. The van der Waals surface area contributed by atoms with Crippen molar-refractivity contribution >= 4 is 5.71 Å². The fourth-order valence-corrected chi connectivity index (χ4v) is 0.408. The summed E-state index contributed by atoms with van der Waals surface area (Å²) >= 11 is 0. The fourth-order valence-electron chi connectivity index (χ4n) is 0.408. The first-order valence-electron chi connectivity index (χ1n) is 2.75. The zero-order valence-corrected chi connectivity index (χ0v) is 5.28. The van der Waals surface area contributed by atoms with Gasteiger partial charge in [0.1, 0.15) is 0 Å². The number of nitrogens with one attached hydrogen (secondary N) is 1. The molecule has 0 amide bonds. The lowest BCUT2D eigenvalue weighted by molar-refractivity contribution is 0.849. The van der Waals surface area contributed by atoms with Crippen LogP contribution in [0.1, 0.15) is 27.2 Å². The van der Waals surface area contributed by atoms with Crippen LogP contribution >= 0.6 is 0 Å². The smallest absolute Gasteiger partial charge is 0.0112 e. The molecule has 0 atom stereocenters. The van der Waals surface area contributed by atoms with Gasteiger partial charge in [0.05, 0.1) is 0 Å². The standard InChI is InChI=1S/C6H13N/c1-4-6(7)5(2)3/h5,7H,4H2,1-3H3. The summed E-state index contributed by atoms with van der Waals surface area (Å²) in [5, 5.41) is 7.19. The molecule has 0 aliphatic carbocycles. The SMILES string of the molecule is CCC(=N)C(C)C. The molecule has 0 radical (unpaired) electrons. The Morgan fingerprint density at radius 3 is 2.00 bits per heavy atom. The maximum Gasteiger partial charge on any atom is 0.0112 e. The van der Waals surface area contributed by atoms with Gasteiger partial charge < -0.3 is 5.41 Å². The molecule has 1 nitrogen and oxygen atoms in total. The first-order valence-corrected chi connectivity index (χ1v) is 2.75.